The number of rotatable bonds is 5. The zero-order chi connectivity index (χ0) is 13.6. The molecule has 0 rings (SSSR count). The molecule has 3 N–H and O–H groups in total. The lowest BCUT2D eigenvalue weighted by Gasteiger charge is -2.21. The molecule has 6 nitrogen and oxygen atoms in total. The van der Waals surface area contributed by atoms with E-state index in [2.05, 4.69) is 0 Å². The van der Waals surface area contributed by atoms with Crippen LogP contribution in [-0.2, 0) is 14.3 Å². The second-order valence-corrected chi connectivity index (χ2v) is 4.26. The number of carbonyl (C=O) groups excluding carboxylic acids is 3. The van der Waals surface area contributed by atoms with Crippen LogP contribution in [0.1, 0.15) is 34.1 Å². The number of carbonyl (C=O) groups is 3. The van der Waals surface area contributed by atoms with Crippen molar-refractivity contribution < 1.29 is 19.1 Å². The number of hydrogen-bond donors (Lipinski definition) is 2. The summed E-state index contributed by atoms with van der Waals surface area (Å²) in [6, 6.07) is -0.958. The monoisotopic (exact) mass is 244 g/mol. The summed E-state index contributed by atoms with van der Waals surface area (Å²) in [5.41, 5.74) is 4.84. The van der Waals surface area contributed by atoms with Crippen molar-refractivity contribution in [2.45, 2.75) is 40.2 Å². The first kappa shape index (κ1) is 15.4. The third-order valence-corrected chi connectivity index (χ3v) is 2.37. The van der Waals surface area contributed by atoms with Crippen molar-refractivity contribution in [1.29, 1.82) is 0 Å². The van der Waals surface area contributed by atoms with Gasteiger partial charge in [0.25, 0.3) is 5.91 Å². The van der Waals surface area contributed by atoms with Crippen LogP contribution in [0.25, 0.3) is 0 Å². The average molecular weight is 244 g/mol. The zero-order valence-corrected chi connectivity index (χ0v) is 10.6. The highest BCUT2D eigenvalue weighted by Crippen LogP contribution is 2.12. The Morgan fingerprint density at radius 1 is 1.24 bits per heavy atom. The van der Waals surface area contributed by atoms with Gasteiger partial charge >= 0.3 is 12.0 Å². The van der Waals surface area contributed by atoms with Crippen LogP contribution in [0.15, 0.2) is 0 Å². The number of esters is 1. The summed E-state index contributed by atoms with van der Waals surface area (Å²) in [4.78, 5) is 33.7. The molecule has 0 spiro atoms. The van der Waals surface area contributed by atoms with E-state index in [1.807, 2.05) is 12.2 Å². The smallest absolute Gasteiger partial charge is 0.318 e. The van der Waals surface area contributed by atoms with Crippen LogP contribution < -0.4 is 11.1 Å². The third-order valence-electron chi connectivity index (χ3n) is 2.37. The highest BCUT2D eigenvalue weighted by Gasteiger charge is 2.28. The maximum absolute atomic E-state index is 11.6. The maximum Gasteiger partial charge on any atom is 0.318 e. The van der Waals surface area contributed by atoms with Crippen LogP contribution in [0.2, 0.25) is 0 Å². The minimum atomic E-state index is -0.996. The lowest BCUT2D eigenvalue weighted by molar-refractivity contribution is -0.161. The second kappa shape index (κ2) is 6.88. The van der Waals surface area contributed by atoms with Gasteiger partial charge in [-0.1, -0.05) is 27.7 Å². The van der Waals surface area contributed by atoms with Crippen LogP contribution in [0.3, 0.4) is 0 Å². The summed E-state index contributed by atoms with van der Waals surface area (Å²) < 4.78 is 5.07. The van der Waals surface area contributed by atoms with E-state index in [4.69, 9.17) is 10.5 Å². The number of primary amides is 1. The van der Waals surface area contributed by atoms with Crippen molar-refractivity contribution in [2.75, 3.05) is 0 Å². The van der Waals surface area contributed by atoms with Crippen LogP contribution in [0.4, 0.5) is 4.79 Å². The topological polar surface area (TPSA) is 98.5 Å². The van der Waals surface area contributed by atoms with Crippen molar-refractivity contribution in [1.82, 2.24) is 5.32 Å². The molecule has 0 saturated carbocycles. The second-order valence-electron chi connectivity index (χ2n) is 4.26. The van der Waals surface area contributed by atoms with Crippen molar-refractivity contribution in [3.63, 3.8) is 0 Å². The van der Waals surface area contributed by atoms with Crippen molar-refractivity contribution in [3.05, 3.63) is 0 Å². The summed E-state index contributed by atoms with van der Waals surface area (Å²) in [5, 5.41) is 1.91. The molecule has 0 aromatic carbocycles. The maximum atomic E-state index is 11.6. The highest BCUT2D eigenvalue weighted by atomic mass is 16.5. The molecule has 2 atom stereocenters. The molecule has 0 aromatic rings. The number of imide groups is 1. The van der Waals surface area contributed by atoms with Crippen molar-refractivity contribution in [3.8, 4) is 0 Å². The van der Waals surface area contributed by atoms with Gasteiger partial charge in [-0.2, -0.15) is 0 Å². The summed E-state index contributed by atoms with van der Waals surface area (Å²) in [6.45, 7) is 7.00. The fourth-order valence-corrected chi connectivity index (χ4v) is 1.09. The third kappa shape index (κ3) is 5.33. The lowest BCUT2D eigenvalue weighted by Crippen LogP contribution is -2.46. The van der Waals surface area contributed by atoms with E-state index in [1.54, 1.807) is 20.8 Å². The summed E-state index contributed by atoms with van der Waals surface area (Å²) in [5.74, 6) is -1.66. The quantitative estimate of drug-likeness (QED) is 0.698. The molecule has 0 aliphatic carbocycles. The summed E-state index contributed by atoms with van der Waals surface area (Å²) in [7, 11) is 0. The number of nitrogens with one attached hydrogen (secondary N) is 1. The summed E-state index contributed by atoms with van der Waals surface area (Å²) >= 11 is 0. The fraction of sp³-hybridized carbons (Fsp3) is 0.727. The highest BCUT2D eigenvalue weighted by molar-refractivity contribution is 5.96. The van der Waals surface area contributed by atoms with E-state index in [-0.39, 0.29) is 11.8 Å². The fourth-order valence-electron chi connectivity index (χ4n) is 1.09. The zero-order valence-electron chi connectivity index (χ0n) is 10.6. The van der Waals surface area contributed by atoms with Gasteiger partial charge in [-0.05, 0) is 12.3 Å². The predicted octanol–water partition coefficient (Wildman–Crippen LogP) is 0.795. The average Bonchev–Trinajstić information content (AvgIpc) is 2.22. The van der Waals surface area contributed by atoms with Gasteiger partial charge in [-0.25, -0.2) is 4.79 Å². The van der Waals surface area contributed by atoms with E-state index in [0.717, 1.165) is 0 Å². The number of nitrogens with two attached hydrogens (primary N) is 1. The Hall–Kier alpha value is -1.59. The molecular formula is C11H20N2O4. The molecule has 0 bridgehead atoms. The molecule has 0 aromatic heterocycles. The molecule has 6 heteroatoms. The van der Waals surface area contributed by atoms with Gasteiger partial charge in [-0.15, -0.1) is 0 Å². The molecule has 0 radical (unpaired) electrons. The molecule has 0 aliphatic heterocycles. The van der Waals surface area contributed by atoms with Gasteiger partial charge in [0.1, 0.15) is 0 Å². The normalized spacial score (nSPS) is 13.9. The number of amides is 3. The van der Waals surface area contributed by atoms with Crippen LogP contribution in [-0.4, -0.2) is 24.0 Å². The van der Waals surface area contributed by atoms with Crippen LogP contribution in [0.5, 0.6) is 0 Å². The van der Waals surface area contributed by atoms with Gasteiger partial charge < -0.3 is 10.5 Å². The van der Waals surface area contributed by atoms with E-state index in [0.29, 0.717) is 6.42 Å². The standard InChI is InChI=1S/C11H20N2O4/c1-5-7(4)10(15)17-8(6(2)3)9(14)13-11(12)16/h6-8H,5H2,1-4H3,(H3,12,13,14,16). The first-order valence-corrected chi connectivity index (χ1v) is 5.60. The Labute approximate surface area is 101 Å². The van der Waals surface area contributed by atoms with E-state index >= 15 is 0 Å². The first-order chi connectivity index (χ1) is 7.79. The molecule has 0 heterocycles. The van der Waals surface area contributed by atoms with Gasteiger partial charge in [0.2, 0.25) is 0 Å². The van der Waals surface area contributed by atoms with E-state index in [9.17, 15) is 14.4 Å². The molecular weight excluding hydrogens is 224 g/mol. The largest absolute Gasteiger partial charge is 0.452 e. The van der Waals surface area contributed by atoms with Gasteiger partial charge in [-0.3, -0.25) is 14.9 Å². The molecule has 2 unspecified atom stereocenters. The SMILES string of the molecule is CCC(C)C(=O)OC(C(=O)NC(N)=O)C(C)C. The molecule has 17 heavy (non-hydrogen) atoms. The number of hydrogen-bond acceptors (Lipinski definition) is 4. The van der Waals surface area contributed by atoms with Crippen molar-refractivity contribution >= 4 is 17.9 Å². The van der Waals surface area contributed by atoms with Crippen LogP contribution >= 0.6 is 0 Å². The Morgan fingerprint density at radius 2 is 1.76 bits per heavy atom. The van der Waals surface area contributed by atoms with Gasteiger partial charge in [0.05, 0.1) is 5.92 Å². The Morgan fingerprint density at radius 3 is 2.12 bits per heavy atom. The molecule has 98 valence electrons. The summed E-state index contributed by atoms with van der Waals surface area (Å²) in [6.07, 6.45) is -0.370. The van der Waals surface area contributed by atoms with Crippen molar-refractivity contribution in [2.24, 2.45) is 17.6 Å². The Balaban J connectivity index is 4.59. The molecule has 0 aliphatic rings. The predicted molar refractivity (Wildman–Crippen MR) is 61.9 cm³/mol. The van der Waals surface area contributed by atoms with Gasteiger partial charge in [0.15, 0.2) is 6.10 Å². The molecule has 0 fully saturated rings. The van der Waals surface area contributed by atoms with Crippen LogP contribution in [0, 0.1) is 11.8 Å². The Kier molecular flexibility index (Phi) is 6.23. The first-order valence-electron chi connectivity index (χ1n) is 5.60. The van der Waals surface area contributed by atoms with E-state index in [1.165, 1.54) is 0 Å². The molecule has 3 amide bonds. The number of urea groups is 1. The Bertz CT molecular complexity index is 302. The minimum absolute atomic E-state index is 0.234. The van der Waals surface area contributed by atoms with Gasteiger partial charge in [0, 0.05) is 0 Å². The minimum Gasteiger partial charge on any atom is -0.452 e. The lowest BCUT2D eigenvalue weighted by atomic mass is 10.1. The number of ether oxygens (including phenoxy) is 1. The van der Waals surface area contributed by atoms with E-state index < -0.39 is 24.0 Å². The molecule has 0 saturated heterocycles.